The molecule has 0 aliphatic heterocycles. The van der Waals surface area contributed by atoms with E-state index in [0.717, 1.165) is 22.4 Å². The lowest BCUT2D eigenvalue weighted by molar-refractivity contribution is 0.0526. The monoisotopic (exact) mass is 391 g/mol. The van der Waals surface area contributed by atoms with Crippen LogP contribution in [0.3, 0.4) is 0 Å². The van der Waals surface area contributed by atoms with E-state index in [1.807, 2.05) is 61.5 Å². The Balaban J connectivity index is 1.94. The summed E-state index contributed by atoms with van der Waals surface area (Å²) in [5, 5.41) is 5.38. The summed E-state index contributed by atoms with van der Waals surface area (Å²) in [7, 11) is 0. The Bertz CT molecular complexity index is 1150. The van der Waals surface area contributed by atoms with Crippen LogP contribution in [0.25, 0.3) is 28.2 Å². The van der Waals surface area contributed by atoms with Gasteiger partial charge in [-0.15, -0.1) is 0 Å². The molecule has 28 heavy (non-hydrogen) atoms. The number of rotatable bonds is 4. The van der Waals surface area contributed by atoms with Gasteiger partial charge in [0, 0.05) is 28.4 Å². The first-order valence-corrected chi connectivity index (χ1v) is 9.33. The summed E-state index contributed by atoms with van der Waals surface area (Å²) in [6, 6.07) is 17.3. The van der Waals surface area contributed by atoms with Gasteiger partial charge in [0.15, 0.2) is 5.65 Å². The largest absolute Gasteiger partial charge is 0.462 e. The van der Waals surface area contributed by atoms with Gasteiger partial charge in [-0.1, -0.05) is 53.6 Å². The van der Waals surface area contributed by atoms with Crippen molar-refractivity contribution >= 4 is 23.2 Å². The maximum atomic E-state index is 12.5. The topological polar surface area (TPSA) is 56.5 Å². The van der Waals surface area contributed by atoms with Crippen molar-refractivity contribution in [2.45, 2.75) is 13.8 Å². The molecule has 0 aliphatic rings. The highest BCUT2D eigenvalue weighted by Crippen LogP contribution is 2.28. The summed E-state index contributed by atoms with van der Waals surface area (Å²) in [5.74, 6) is -0.420. The van der Waals surface area contributed by atoms with E-state index in [1.54, 1.807) is 17.6 Å². The van der Waals surface area contributed by atoms with Crippen LogP contribution in [0.5, 0.6) is 0 Å². The van der Waals surface area contributed by atoms with Crippen molar-refractivity contribution in [1.29, 1.82) is 0 Å². The third-order valence-corrected chi connectivity index (χ3v) is 4.70. The first kappa shape index (κ1) is 18.2. The van der Waals surface area contributed by atoms with Gasteiger partial charge in [-0.3, -0.25) is 0 Å². The lowest BCUT2D eigenvalue weighted by Gasteiger charge is -2.11. The molecule has 0 amide bonds. The second-order valence-corrected chi connectivity index (χ2v) is 6.85. The molecule has 6 heteroatoms. The van der Waals surface area contributed by atoms with Gasteiger partial charge in [-0.2, -0.15) is 5.10 Å². The van der Waals surface area contributed by atoms with E-state index in [-0.39, 0.29) is 0 Å². The number of carbonyl (C=O) groups is 1. The molecule has 4 rings (SSSR count). The van der Waals surface area contributed by atoms with Crippen molar-refractivity contribution in [3.63, 3.8) is 0 Å². The van der Waals surface area contributed by atoms with Crippen molar-refractivity contribution in [3.05, 3.63) is 76.9 Å². The second kappa shape index (κ2) is 7.44. The number of hydrogen-bond acceptors (Lipinski definition) is 4. The Labute approximate surface area is 167 Å². The summed E-state index contributed by atoms with van der Waals surface area (Å²) in [6.07, 6.45) is 1.55. The SMILES string of the molecule is CCOC(=O)c1cnc2cc(-c3ccc(Cl)cc3)nn2c1-c1ccc(C)cc1. The molecule has 5 nitrogen and oxygen atoms in total. The summed E-state index contributed by atoms with van der Waals surface area (Å²) < 4.78 is 6.93. The van der Waals surface area contributed by atoms with Crippen LogP contribution in [-0.4, -0.2) is 27.2 Å². The molecule has 140 valence electrons. The molecule has 0 atom stereocenters. The quantitative estimate of drug-likeness (QED) is 0.448. The minimum atomic E-state index is -0.420. The highest BCUT2D eigenvalue weighted by molar-refractivity contribution is 6.30. The van der Waals surface area contributed by atoms with E-state index in [1.165, 1.54) is 0 Å². The maximum absolute atomic E-state index is 12.5. The molecule has 2 aromatic carbocycles. The fraction of sp³-hybridized carbons (Fsp3) is 0.136. The van der Waals surface area contributed by atoms with Crippen LogP contribution in [-0.2, 0) is 4.74 Å². The number of esters is 1. The fourth-order valence-electron chi connectivity index (χ4n) is 3.04. The first-order valence-electron chi connectivity index (χ1n) is 8.95. The average Bonchev–Trinajstić information content (AvgIpc) is 3.13. The smallest absolute Gasteiger partial charge is 0.341 e. The lowest BCUT2D eigenvalue weighted by atomic mass is 10.1. The zero-order chi connectivity index (χ0) is 19.7. The average molecular weight is 392 g/mol. The first-order chi connectivity index (χ1) is 13.6. The van der Waals surface area contributed by atoms with Crippen LogP contribution in [0.2, 0.25) is 5.02 Å². The molecule has 0 unspecified atom stereocenters. The Morgan fingerprint density at radius 1 is 1.07 bits per heavy atom. The number of fused-ring (bicyclic) bond motifs is 1. The molecule has 0 aliphatic carbocycles. The molecule has 0 saturated heterocycles. The zero-order valence-electron chi connectivity index (χ0n) is 15.5. The van der Waals surface area contributed by atoms with Crippen molar-refractivity contribution in [2.24, 2.45) is 0 Å². The number of hydrogen-bond donors (Lipinski definition) is 0. The Kier molecular flexibility index (Phi) is 4.84. The van der Waals surface area contributed by atoms with E-state index in [4.69, 9.17) is 21.4 Å². The van der Waals surface area contributed by atoms with Gasteiger partial charge >= 0.3 is 5.97 Å². The van der Waals surface area contributed by atoms with Gasteiger partial charge < -0.3 is 4.74 Å². The number of aryl methyl sites for hydroxylation is 1. The van der Waals surface area contributed by atoms with E-state index in [2.05, 4.69) is 4.98 Å². The molecule has 2 heterocycles. The summed E-state index contributed by atoms with van der Waals surface area (Å²) in [4.78, 5) is 17.0. The van der Waals surface area contributed by atoms with Crippen LogP contribution in [0, 0.1) is 6.92 Å². The zero-order valence-corrected chi connectivity index (χ0v) is 16.3. The van der Waals surface area contributed by atoms with Gasteiger partial charge in [0.1, 0.15) is 5.56 Å². The number of nitrogens with zero attached hydrogens (tertiary/aromatic N) is 3. The molecule has 0 radical (unpaired) electrons. The standard InChI is InChI=1S/C22H18ClN3O2/c1-3-28-22(27)18-13-24-20-12-19(15-8-10-17(23)11-9-15)25-26(20)21(18)16-6-4-14(2)5-7-16/h4-13H,3H2,1-2H3. The van der Waals surface area contributed by atoms with E-state index in [0.29, 0.717) is 28.5 Å². The molecule has 0 bridgehead atoms. The van der Waals surface area contributed by atoms with Gasteiger partial charge in [-0.05, 0) is 26.0 Å². The predicted octanol–water partition coefficient (Wildman–Crippen LogP) is 5.20. The molecular formula is C22H18ClN3O2. The van der Waals surface area contributed by atoms with Gasteiger partial charge in [-0.25, -0.2) is 14.3 Å². The number of halogens is 1. The minimum absolute atomic E-state index is 0.291. The summed E-state index contributed by atoms with van der Waals surface area (Å²) in [5.41, 5.74) is 5.35. The van der Waals surface area contributed by atoms with Crippen molar-refractivity contribution in [2.75, 3.05) is 6.61 Å². The molecule has 0 N–H and O–H groups in total. The lowest BCUT2D eigenvalue weighted by Crippen LogP contribution is -2.11. The Hall–Kier alpha value is -3.18. The number of benzene rings is 2. The Morgan fingerprint density at radius 2 is 1.75 bits per heavy atom. The molecule has 2 aromatic heterocycles. The molecule has 0 saturated carbocycles. The number of aromatic nitrogens is 3. The van der Waals surface area contributed by atoms with Gasteiger partial charge in [0.25, 0.3) is 0 Å². The Morgan fingerprint density at radius 3 is 2.43 bits per heavy atom. The van der Waals surface area contributed by atoms with Crippen LogP contribution in [0.15, 0.2) is 60.8 Å². The van der Waals surface area contributed by atoms with Crippen LogP contribution >= 0.6 is 11.6 Å². The highest BCUT2D eigenvalue weighted by Gasteiger charge is 2.20. The van der Waals surface area contributed by atoms with E-state index >= 15 is 0 Å². The van der Waals surface area contributed by atoms with Crippen molar-refractivity contribution in [1.82, 2.24) is 14.6 Å². The molecule has 0 fully saturated rings. The maximum Gasteiger partial charge on any atom is 0.341 e. The molecule has 4 aromatic rings. The predicted molar refractivity (Wildman–Crippen MR) is 110 cm³/mol. The second-order valence-electron chi connectivity index (χ2n) is 6.41. The van der Waals surface area contributed by atoms with E-state index < -0.39 is 5.97 Å². The number of carbonyl (C=O) groups excluding carboxylic acids is 1. The normalized spacial score (nSPS) is 11.0. The summed E-state index contributed by atoms with van der Waals surface area (Å²) in [6.45, 7) is 4.09. The third kappa shape index (κ3) is 3.37. The fourth-order valence-corrected chi connectivity index (χ4v) is 3.17. The van der Waals surface area contributed by atoms with Crippen molar-refractivity contribution in [3.8, 4) is 22.5 Å². The summed E-state index contributed by atoms with van der Waals surface area (Å²) >= 11 is 5.99. The minimum Gasteiger partial charge on any atom is -0.462 e. The highest BCUT2D eigenvalue weighted by atomic mass is 35.5. The number of ether oxygens (including phenoxy) is 1. The molecular weight excluding hydrogens is 374 g/mol. The van der Waals surface area contributed by atoms with Gasteiger partial charge in [0.05, 0.1) is 18.0 Å². The van der Waals surface area contributed by atoms with Gasteiger partial charge in [0.2, 0.25) is 0 Å². The van der Waals surface area contributed by atoms with Crippen molar-refractivity contribution < 1.29 is 9.53 Å². The van der Waals surface area contributed by atoms with Crippen LogP contribution in [0.1, 0.15) is 22.8 Å². The van der Waals surface area contributed by atoms with Crippen LogP contribution in [0.4, 0.5) is 0 Å². The van der Waals surface area contributed by atoms with E-state index in [9.17, 15) is 4.79 Å². The third-order valence-electron chi connectivity index (χ3n) is 4.44. The van der Waals surface area contributed by atoms with Crippen LogP contribution < -0.4 is 0 Å². The molecule has 0 spiro atoms.